The van der Waals surface area contributed by atoms with Crippen LogP contribution >= 0.6 is 11.3 Å². The number of carbonyl (C=O) groups excluding carboxylic acids is 2. The second-order valence-electron chi connectivity index (χ2n) is 6.36. The lowest BCUT2D eigenvalue weighted by Gasteiger charge is -2.20. The fraction of sp³-hybridized carbons (Fsp3) is 0.0909. The Morgan fingerprint density at radius 3 is 2.57 bits per heavy atom. The minimum Gasteiger partial charge on any atom is -0.465 e. The zero-order valence-corrected chi connectivity index (χ0v) is 16.7. The van der Waals surface area contributed by atoms with Crippen molar-refractivity contribution in [3.05, 3.63) is 89.5 Å². The highest BCUT2D eigenvalue weighted by Gasteiger charge is 2.26. The van der Waals surface area contributed by atoms with Gasteiger partial charge >= 0.3 is 5.97 Å². The minimum atomic E-state index is -0.608. The van der Waals surface area contributed by atoms with Gasteiger partial charge in [-0.05, 0) is 42.5 Å². The van der Waals surface area contributed by atoms with Crippen LogP contribution in [0.3, 0.4) is 0 Å². The van der Waals surface area contributed by atoms with Crippen LogP contribution in [0.4, 0.5) is 9.52 Å². The fourth-order valence-electron chi connectivity index (χ4n) is 2.98. The minimum absolute atomic E-state index is 0.136. The molecule has 1 amide bonds. The van der Waals surface area contributed by atoms with Crippen LogP contribution in [0, 0.1) is 5.82 Å². The van der Waals surface area contributed by atoms with E-state index < -0.39 is 11.9 Å². The van der Waals surface area contributed by atoms with Gasteiger partial charge in [0.05, 0.1) is 40.7 Å². The normalized spacial score (nSPS) is 10.7. The number of pyridine rings is 1. The summed E-state index contributed by atoms with van der Waals surface area (Å²) in [6, 6.07) is 16.1. The maximum absolute atomic E-state index is 13.6. The van der Waals surface area contributed by atoms with E-state index in [4.69, 9.17) is 4.74 Å². The molecule has 150 valence electrons. The molecule has 6 nitrogen and oxygen atoms in total. The van der Waals surface area contributed by atoms with Gasteiger partial charge in [-0.3, -0.25) is 14.7 Å². The summed E-state index contributed by atoms with van der Waals surface area (Å²) in [6.07, 6.45) is 1.63. The Kier molecular flexibility index (Phi) is 5.49. The van der Waals surface area contributed by atoms with Crippen molar-refractivity contribution in [1.82, 2.24) is 9.97 Å². The highest BCUT2D eigenvalue weighted by atomic mass is 32.1. The van der Waals surface area contributed by atoms with E-state index in [2.05, 4.69) is 9.97 Å². The highest BCUT2D eigenvalue weighted by Crippen LogP contribution is 2.31. The van der Waals surface area contributed by atoms with Crippen molar-refractivity contribution in [2.24, 2.45) is 0 Å². The van der Waals surface area contributed by atoms with Gasteiger partial charge in [0, 0.05) is 6.20 Å². The Labute approximate surface area is 175 Å². The molecular weight excluding hydrogens is 405 g/mol. The van der Waals surface area contributed by atoms with Crippen molar-refractivity contribution in [3.63, 3.8) is 0 Å². The van der Waals surface area contributed by atoms with E-state index in [9.17, 15) is 14.0 Å². The van der Waals surface area contributed by atoms with Crippen LogP contribution in [0.1, 0.15) is 26.4 Å². The van der Waals surface area contributed by atoms with Gasteiger partial charge in [-0.1, -0.05) is 29.5 Å². The summed E-state index contributed by atoms with van der Waals surface area (Å²) in [5.41, 5.74) is 1.57. The molecule has 0 aliphatic rings. The molecular formula is C22H16FN3O3S. The molecule has 0 aliphatic heterocycles. The number of fused-ring (bicyclic) bond motifs is 1. The number of thiazole rings is 1. The van der Waals surface area contributed by atoms with E-state index in [1.54, 1.807) is 42.6 Å². The molecule has 4 aromatic rings. The first-order chi connectivity index (χ1) is 14.6. The van der Waals surface area contributed by atoms with Crippen LogP contribution in [0.5, 0.6) is 0 Å². The number of methoxy groups -OCH3 is 1. The van der Waals surface area contributed by atoms with Crippen LogP contribution in [0.25, 0.3) is 10.2 Å². The first-order valence-corrected chi connectivity index (χ1v) is 9.83. The van der Waals surface area contributed by atoms with Gasteiger partial charge < -0.3 is 4.74 Å². The predicted molar refractivity (Wildman–Crippen MR) is 112 cm³/mol. The summed E-state index contributed by atoms with van der Waals surface area (Å²) in [6.45, 7) is 0.136. The van der Waals surface area contributed by atoms with Crippen molar-refractivity contribution in [2.45, 2.75) is 6.54 Å². The maximum Gasteiger partial charge on any atom is 0.338 e. The van der Waals surface area contributed by atoms with Gasteiger partial charge in [-0.25, -0.2) is 14.2 Å². The molecule has 0 atom stereocenters. The Morgan fingerprint density at radius 2 is 1.83 bits per heavy atom. The Balaban J connectivity index is 1.81. The summed E-state index contributed by atoms with van der Waals surface area (Å²) >= 11 is 1.19. The van der Waals surface area contributed by atoms with E-state index in [-0.39, 0.29) is 23.5 Å². The number of esters is 1. The third-order valence-corrected chi connectivity index (χ3v) is 5.47. The van der Waals surface area contributed by atoms with Crippen LogP contribution in [-0.2, 0) is 11.3 Å². The van der Waals surface area contributed by atoms with E-state index in [0.717, 1.165) is 0 Å². The number of aromatic nitrogens is 2. The second kappa shape index (κ2) is 8.38. The molecule has 30 heavy (non-hydrogen) atoms. The molecule has 0 N–H and O–H groups in total. The molecule has 0 fully saturated rings. The van der Waals surface area contributed by atoms with Gasteiger partial charge in [-0.2, -0.15) is 0 Å². The monoisotopic (exact) mass is 421 g/mol. The smallest absolute Gasteiger partial charge is 0.338 e. The van der Waals surface area contributed by atoms with Gasteiger partial charge in [0.25, 0.3) is 5.91 Å². The van der Waals surface area contributed by atoms with Gasteiger partial charge in [0.15, 0.2) is 5.13 Å². The second-order valence-corrected chi connectivity index (χ2v) is 7.37. The molecule has 4 rings (SSSR count). The van der Waals surface area contributed by atoms with E-state index in [1.807, 2.05) is 6.07 Å². The third kappa shape index (κ3) is 3.90. The van der Waals surface area contributed by atoms with Crippen molar-refractivity contribution in [1.29, 1.82) is 0 Å². The maximum atomic E-state index is 13.6. The van der Waals surface area contributed by atoms with Crippen molar-refractivity contribution in [2.75, 3.05) is 12.0 Å². The standard InChI is InChI=1S/C22H16FN3O3S/c1-29-21(28)17-8-3-2-7-16(17)20(27)26(13-15-6-4-5-11-24-15)22-25-18-10-9-14(23)12-19(18)30-22/h2-12H,13H2,1H3. The zero-order valence-electron chi connectivity index (χ0n) is 15.9. The average molecular weight is 421 g/mol. The number of carbonyl (C=O) groups is 2. The van der Waals surface area contributed by atoms with Crippen LogP contribution in [0.2, 0.25) is 0 Å². The van der Waals surface area contributed by atoms with Crippen molar-refractivity contribution >= 4 is 38.6 Å². The van der Waals surface area contributed by atoms with E-state index >= 15 is 0 Å². The summed E-state index contributed by atoms with van der Waals surface area (Å²) in [5.74, 6) is -1.42. The first kappa shape index (κ1) is 19.7. The summed E-state index contributed by atoms with van der Waals surface area (Å²) < 4.78 is 19.1. The molecule has 0 spiro atoms. The topological polar surface area (TPSA) is 72.4 Å². The third-order valence-electron chi connectivity index (χ3n) is 4.42. The molecule has 2 heterocycles. The number of halogens is 1. The number of rotatable bonds is 5. The molecule has 0 bridgehead atoms. The molecule has 8 heteroatoms. The summed E-state index contributed by atoms with van der Waals surface area (Å²) in [5, 5.41) is 0.380. The van der Waals surface area contributed by atoms with E-state index in [1.165, 1.54) is 41.5 Å². The largest absolute Gasteiger partial charge is 0.465 e. The number of anilines is 1. The van der Waals surface area contributed by atoms with Crippen molar-refractivity contribution in [3.8, 4) is 0 Å². The molecule has 0 aliphatic carbocycles. The molecule has 0 unspecified atom stereocenters. The lowest BCUT2D eigenvalue weighted by atomic mass is 10.1. The summed E-state index contributed by atoms with van der Waals surface area (Å²) in [4.78, 5) is 35.9. The average Bonchev–Trinajstić information content (AvgIpc) is 3.20. The Bertz CT molecular complexity index is 1230. The number of hydrogen-bond donors (Lipinski definition) is 0. The zero-order chi connectivity index (χ0) is 21.1. The van der Waals surface area contributed by atoms with Gasteiger partial charge in [0.1, 0.15) is 5.82 Å². The summed E-state index contributed by atoms with van der Waals surface area (Å²) in [7, 11) is 1.26. The first-order valence-electron chi connectivity index (χ1n) is 9.02. The lowest BCUT2D eigenvalue weighted by Crippen LogP contribution is -2.32. The molecule has 2 aromatic heterocycles. The van der Waals surface area contributed by atoms with Crippen molar-refractivity contribution < 1.29 is 18.7 Å². The molecule has 0 saturated heterocycles. The van der Waals surface area contributed by atoms with Crippen LogP contribution in [0.15, 0.2) is 66.9 Å². The highest BCUT2D eigenvalue weighted by molar-refractivity contribution is 7.22. The number of hydrogen-bond acceptors (Lipinski definition) is 6. The number of amides is 1. The predicted octanol–water partition coefficient (Wildman–Crippen LogP) is 4.46. The number of ether oxygens (including phenoxy) is 1. The molecule has 0 radical (unpaired) electrons. The van der Waals surface area contributed by atoms with Crippen LogP contribution < -0.4 is 4.90 Å². The lowest BCUT2D eigenvalue weighted by molar-refractivity contribution is 0.0597. The van der Waals surface area contributed by atoms with Crippen LogP contribution in [-0.4, -0.2) is 29.0 Å². The Hall–Kier alpha value is -3.65. The SMILES string of the molecule is COC(=O)c1ccccc1C(=O)N(Cc1ccccn1)c1nc2ccc(F)cc2s1. The van der Waals surface area contributed by atoms with E-state index in [0.29, 0.717) is 21.0 Å². The van der Waals surface area contributed by atoms with Gasteiger partial charge in [0.2, 0.25) is 0 Å². The molecule has 2 aromatic carbocycles. The number of benzene rings is 2. The Morgan fingerprint density at radius 1 is 1.07 bits per heavy atom. The number of nitrogens with zero attached hydrogens (tertiary/aromatic N) is 3. The molecule has 0 saturated carbocycles. The quantitative estimate of drug-likeness (QED) is 0.445. The fourth-order valence-corrected chi connectivity index (χ4v) is 3.97. The van der Waals surface area contributed by atoms with Gasteiger partial charge in [-0.15, -0.1) is 0 Å².